The highest BCUT2D eigenvalue weighted by atomic mass is 32.2. The lowest BCUT2D eigenvalue weighted by atomic mass is 10.1. The number of nitrogens with zero attached hydrogens (tertiary/aromatic N) is 3. The van der Waals surface area contributed by atoms with Gasteiger partial charge >= 0.3 is 0 Å². The molecule has 0 saturated carbocycles. The normalized spacial score (nSPS) is 23.2. The van der Waals surface area contributed by atoms with Crippen LogP contribution in [0.25, 0.3) is 0 Å². The van der Waals surface area contributed by atoms with Gasteiger partial charge in [0.15, 0.2) is 0 Å². The van der Waals surface area contributed by atoms with Crippen LogP contribution in [-0.4, -0.2) is 48.5 Å². The third-order valence-corrected chi connectivity index (χ3v) is 6.79. The van der Waals surface area contributed by atoms with Crippen molar-refractivity contribution in [2.24, 2.45) is 4.99 Å². The predicted octanol–water partition coefficient (Wildman–Crippen LogP) is 3.89. The Hall–Kier alpha value is -2.22. The number of anilines is 2. The summed E-state index contributed by atoms with van der Waals surface area (Å²) < 4.78 is 11.8. The largest absolute Gasteiger partial charge is 0.460 e. The Morgan fingerprint density at radius 3 is 2.86 bits per heavy atom. The van der Waals surface area contributed by atoms with Crippen LogP contribution in [-0.2, 0) is 17.8 Å². The van der Waals surface area contributed by atoms with Gasteiger partial charge in [0, 0.05) is 55.3 Å². The maximum absolute atomic E-state index is 5.93. The molecule has 1 saturated heterocycles. The molecule has 1 aliphatic carbocycles. The van der Waals surface area contributed by atoms with E-state index in [-0.39, 0.29) is 6.04 Å². The number of likely N-dealkylation sites (N-methyl/N-ethyl adjacent to an activating group) is 1. The number of fused-ring (bicyclic) bond motifs is 2. The van der Waals surface area contributed by atoms with Gasteiger partial charge in [0.2, 0.25) is 0 Å². The topological polar surface area (TPSA) is 52.1 Å². The van der Waals surface area contributed by atoms with Gasteiger partial charge in [0.25, 0.3) is 6.02 Å². The molecule has 2 aliphatic heterocycles. The fraction of sp³-hybridized carbons (Fsp3) is 0.409. The first-order chi connectivity index (χ1) is 14.2. The summed E-state index contributed by atoms with van der Waals surface area (Å²) in [4.78, 5) is 7.22. The Labute approximate surface area is 176 Å². The number of rotatable bonds is 4. The molecule has 2 aromatic carbocycles. The highest BCUT2D eigenvalue weighted by molar-refractivity contribution is 7.98. The van der Waals surface area contributed by atoms with Gasteiger partial charge in [-0.2, -0.15) is 0 Å². The number of ether oxygens (including phenoxy) is 1. The molecule has 2 N–H and O–H groups in total. The monoisotopic (exact) mass is 409 g/mol. The first-order valence-electron chi connectivity index (χ1n) is 10.3. The van der Waals surface area contributed by atoms with Crippen LogP contribution in [0.3, 0.4) is 0 Å². The van der Waals surface area contributed by atoms with Crippen molar-refractivity contribution in [3.8, 4) is 0 Å². The van der Waals surface area contributed by atoms with Gasteiger partial charge in [0.1, 0.15) is 6.61 Å². The lowest BCUT2D eigenvalue weighted by Gasteiger charge is -2.31. The molecule has 3 aliphatic rings. The zero-order valence-corrected chi connectivity index (χ0v) is 17.5. The Balaban J connectivity index is 1.22. The lowest BCUT2D eigenvalue weighted by molar-refractivity contribution is 0.234. The molecule has 1 atom stereocenters. The highest BCUT2D eigenvalue weighted by Crippen LogP contribution is 2.35. The van der Waals surface area contributed by atoms with Gasteiger partial charge < -0.3 is 19.7 Å². The third-order valence-electron chi connectivity index (χ3n) is 5.84. The fourth-order valence-corrected chi connectivity index (χ4v) is 4.78. The van der Waals surface area contributed by atoms with Crippen molar-refractivity contribution in [1.82, 2.24) is 9.21 Å². The van der Waals surface area contributed by atoms with Crippen molar-refractivity contribution >= 4 is 29.5 Å². The average molecular weight is 410 g/mol. The fourth-order valence-electron chi connectivity index (χ4n) is 4.07. The SMILES string of the molecule is CN1CCN(SNc2ccc3c(c2)COC(=NC2CCc4ccccc42)N3)CC1. The number of piperazine rings is 1. The van der Waals surface area contributed by atoms with Crippen molar-refractivity contribution in [1.29, 1.82) is 0 Å². The molecule has 1 fully saturated rings. The molecule has 2 heterocycles. The smallest absolute Gasteiger partial charge is 0.290 e. The molecular weight excluding hydrogens is 382 g/mol. The summed E-state index contributed by atoms with van der Waals surface area (Å²) in [6.45, 7) is 4.93. The lowest BCUT2D eigenvalue weighted by Crippen LogP contribution is -2.41. The summed E-state index contributed by atoms with van der Waals surface area (Å²) >= 11 is 1.69. The quantitative estimate of drug-likeness (QED) is 0.747. The van der Waals surface area contributed by atoms with Gasteiger partial charge in [-0.3, -0.25) is 0 Å². The standard InChI is InChI=1S/C22H27N5OS/c1-26-10-12-27(13-11-26)29-25-18-7-9-20-17(14-18)15-28-22(23-20)24-21-8-6-16-4-2-3-5-19(16)21/h2-5,7,9,14,21,25H,6,8,10-13,15H2,1H3,(H,23,24). The number of hydrogen-bond acceptors (Lipinski definition) is 6. The first-order valence-corrected chi connectivity index (χ1v) is 11.1. The molecule has 0 amide bonds. The van der Waals surface area contributed by atoms with Gasteiger partial charge in [-0.05, 0) is 49.2 Å². The van der Waals surface area contributed by atoms with Crippen molar-refractivity contribution in [2.45, 2.75) is 25.5 Å². The Morgan fingerprint density at radius 2 is 1.97 bits per heavy atom. The summed E-state index contributed by atoms with van der Waals surface area (Å²) in [5.74, 6) is 0. The number of aryl methyl sites for hydroxylation is 1. The van der Waals surface area contributed by atoms with E-state index in [1.165, 1.54) is 11.1 Å². The molecule has 2 aromatic rings. The minimum absolute atomic E-state index is 0.191. The number of hydrogen-bond donors (Lipinski definition) is 2. The minimum Gasteiger partial charge on any atom is -0.460 e. The van der Waals surface area contributed by atoms with E-state index >= 15 is 0 Å². The summed E-state index contributed by atoms with van der Waals surface area (Å²) in [5.41, 5.74) is 6.07. The van der Waals surface area contributed by atoms with E-state index in [0.29, 0.717) is 12.6 Å². The van der Waals surface area contributed by atoms with Crippen LogP contribution in [0.15, 0.2) is 47.5 Å². The Morgan fingerprint density at radius 1 is 1.10 bits per heavy atom. The summed E-state index contributed by atoms with van der Waals surface area (Å²) in [6, 6.07) is 15.8. The van der Waals surface area contributed by atoms with E-state index in [0.717, 1.165) is 56.0 Å². The molecule has 29 heavy (non-hydrogen) atoms. The highest BCUT2D eigenvalue weighted by Gasteiger charge is 2.24. The predicted molar refractivity (Wildman–Crippen MR) is 120 cm³/mol. The molecule has 152 valence electrons. The Bertz CT molecular complexity index is 910. The van der Waals surface area contributed by atoms with Crippen LogP contribution in [0.1, 0.15) is 29.2 Å². The average Bonchev–Trinajstić information content (AvgIpc) is 3.16. The van der Waals surface area contributed by atoms with Crippen LogP contribution < -0.4 is 10.0 Å². The second-order valence-corrected chi connectivity index (χ2v) is 8.80. The molecule has 0 spiro atoms. The maximum atomic E-state index is 5.93. The molecule has 5 rings (SSSR count). The van der Waals surface area contributed by atoms with Gasteiger partial charge in [-0.1, -0.05) is 24.3 Å². The van der Waals surface area contributed by atoms with Crippen molar-refractivity contribution in [3.63, 3.8) is 0 Å². The summed E-state index contributed by atoms with van der Waals surface area (Å²) in [7, 11) is 2.18. The van der Waals surface area contributed by atoms with Gasteiger partial charge in [-0.15, -0.1) is 0 Å². The molecule has 0 aromatic heterocycles. The van der Waals surface area contributed by atoms with E-state index < -0.39 is 0 Å². The van der Waals surface area contributed by atoms with E-state index in [9.17, 15) is 0 Å². The first kappa shape index (κ1) is 18.8. The van der Waals surface area contributed by atoms with E-state index in [2.05, 4.69) is 68.8 Å². The van der Waals surface area contributed by atoms with Crippen LogP contribution in [0.2, 0.25) is 0 Å². The molecule has 1 unspecified atom stereocenters. The zero-order chi connectivity index (χ0) is 19.6. The minimum atomic E-state index is 0.191. The second kappa shape index (κ2) is 8.26. The molecule has 0 radical (unpaired) electrons. The molecular formula is C22H27N5OS. The van der Waals surface area contributed by atoms with Crippen LogP contribution in [0.4, 0.5) is 11.4 Å². The van der Waals surface area contributed by atoms with Crippen molar-refractivity contribution in [2.75, 3.05) is 43.3 Å². The zero-order valence-electron chi connectivity index (χ0n) is 16.7. The molecule has 6 nitrogen and oxygen atoms in total. The Kier molecular flexibility index (Phi) is 5.35. The van der Waals surface area contributed by atoms with Crippen molar-refractivity contribution in [3.05, 3.63) is 59.2 Å². The van der Waals surface area contributed by atoms with Gasteiger partial charge in [0.05, 0.1) is 6.04 Å². The van der Waals surface area contributed by atoms with Crippen LogP contribution >= 0.6 is 12.1 Å². The summed E-state index contributed by atoms with van der Waals surface area (Å²) in [5, 5.41) is 3.37. The van der Waals surface area contributed by atoms with E-state index in [1.807, 2.05) is 0 Å². The summed E-state index contributed by atoms with van der Waals surface area (Å²) in [6.07, 6.45) is 2.14. The van der Waals surface area contributed by atoms with E-state index in [4.69, 9.17) is 9.73 Å². The maximum Gasteiger partial charge on any atom is 0.290 e. The molecule has 7 heteroatoms. The third kappa shape index (κ3) is 4.22. The van der Waals surface area contributed by atoms with Gasteiger partial charge in [-0.25, -0.2) is 9.30 Å². The van der Waals surface area contributed by atoms with Crippen LogP contribution in [0, 0.1) is 0 Å². The van der Waals surface area contributed by atoms with Crippen molar-refractivity contribution < 1.29 is 4.74 Å². The second-order valence-electron chi connectivity index (χ2n) is 7.90. The number of benzene rings is 2. The molecule has 0 bridgehead atoms. The van der Waals surface area contributed by atoms with Crippen LogP contribution in [0.5, 0.6) is 0 Å². The number of nitrogens with one attached hydrogen (secondary N) is 2. The van der Waals surface area contributed by atoms with E-state index in [1.54, 1.807) is 12.1 Å². The number of aliphatic imine (C=N–C) groups is 1. The number of amidine groups is 1.